The van der Waals surface area contributed by atoms with Crippen LogP contribution in [0.4, 0.5) is 0 Å². The Bertz CT molecular complexity index is 875. The van der Waals surface area contributed by atoms with E-state index in [1.165, 1.54) is 16.9 Å². The van der Waals surface area contributed by atoms with Crippen molar-refractivity contribution in [1.29, 1.82) is 0 Å². The van der Waals surface area contributed by atoms with E-state index in [4.69, 9.17) is 4.42 Å². The Hall–Kier alpha value is -2.96. The summed E-state index contributed by atoms with van der Waals surface area (Å²) in [6.07, 6.45) is 1.52. The molecule has 0 spiro atoms. The minimum Gasteiger partial charge on any atom is -0.508 e. The summed E-state index contributed by atoms with van der Waals surface area (Å²) >= 11 is 0. The van der Waals surface area contributed by atoms with Gasteiger partial charge in [0.05, 0.1) is 18.4 Å². The van der Waals surface area contributed by atoms with E-state index >= 15 is 0 Å². The summed E-state index contributed by atoms with van der Waals surface area (Å²) in [5.41, 5.74) is 0.629. The van der Waals surface area contributed by atoms with Crippen LogP contribution in [0.25, 0.3) is 11.4 Å². The van der Waals surface area contributed by atoms with Gasteiger partial charge in [0.15, 0.2) is 5.82 Å². The van der Waals surface area contributed by atoms with Crippen LogP contribution in [-0.4, -0.2) is 25.0 Å². The van der Waals surface area contributed by atoms with Crippen molar-refractivity contribution >= 4 is 0 Å². The maximum Gasteiger partial charge on any atom is 0.344 e. The highest BCUT2D eigenvalue weighted by Crippen LogP contribution is 2.36. The van der Waals surface area contributed by atoms with Gasteiger partial charge in [-0.1, -0.05) is 13.8 Å². The molecular formula is C16H17N3O4. The van der Waals surface area contributed by atoms with Crippen LogP contribution in [0.15, 0.2) is 39.7 Å². The smallest absolute Gasteiger partial charge is 0.344 e. The van der Waals surface area contributed by atoms with Gasteiger partial charge in [-0.3, -0.25) is 4.57 Å². The Balaban J connectivity index is 2.13. The number of furan rings is 1. The molecule has 0 aliphatic heterocycles. The Kier molecular flexibility index (Phi) is 3.69. The number of nitrogens with zero attached hydrogens (tertiary/aromatic N) is 2. The van der Waals surface area contributed by atoms with E-state index in [-0.39, 0.29) is 29.8 Å². The van der Waals surface area contributed by atoms with E-state index in [0.717, 1.165) is 0 Å². The minimum absolute atomic E-state index is 0.0108. The predicted molar refractivity (Wildman–Crippen MR) is 83.5 cm³/mol. The lowest BCUT2D eigenvalue weighted by Crippen LogP contribution is -2.18. The van der Waals surface area contributed by atoms with Crippen LogP contribution in [0.5, 0.6) is 11.5 Å². The van der Waals surface area contributed by atoms with Crippen LogP contribution in [0, 0.1) is 0 Å². The summed E-state index contributed by atoms with van der Waals surface area (Å²) in [6.45, 7) is 4.04. The first-order chi connectivity index (χ1) is 11.0. The molecule has 1 aromatic carbocycles. The molecule has 2 aromatic heterocycles. The fraction of sp³-hybridized carbons (Fsp3) is 0.250. The molecule has 0 bridgehead atoms. The maximum atomic E-state index is 12.0. The third kappa shape index (κ3) is 2.73. The largest absolute Gasteiger partial charge is 0.508 e. The number of aromatic hydroxyl groups is 2. The maximum absolute atomic E-state index is 12.0. The van der Waals surface area contributed by atoms with Gasteiger partial charge >= 0.3 is 5.69 Å². The molecule has 3 N–H and O–H groups in total. The summed E-state index contributed by atoms with van der Waals surface area (Å²) in [7, 11) is 0. The zero-order chi connectivity index (χ0) is 16.6. The molecule has 120 valence electrons. The van der Waals surface area contributed by atoms with Gasteiger partial charge in [0.1, 0.15) is 17.3 Å². The average molecular weight is 315 g/mol. The lowest BCUT2D eigenvalue weighted by Gasteiger charge is -2.12. The lowest BCUT2D eigenvalue weighted by atomic mass is 9.98. The average Bonchev–Trinajstić information content (AvgIpc) is 3.11. The van der Waals surface area contributed by atoms with Gasteiger partial charge in [-0.15, -0.1) is 0 Å². The van der Waals surface area contributed by atoms with Gasteiger partial charge in [-0.2, -0.15) is 5.10 Å². The molecule has 0 radical (unpaired) electrons. The van der Waals surface area contributed by atoms with E-state index in [1.54, 1.807) is 18.2 Å². The van der Waals surface area contributed by atoms with Crippen molar-refractivity contribution in [3.8, 4) is 22.9 Å². The van der Waals surface area contributed by atoms with Gasteiger partial charge in [0.2, 0.25) is 0 Å². The first-order valence-electron chi connectivity index (χ1n) is 7.21. The van der Waals surface area contributed by atoms with Crippen molar-refractivity contribution in [1.82, 2.24) is 14.8 Å². The van der Waals surface area contributed by atoms with E-state index in [9.17, 15) is 15.0 Å². The fourth-order valence-electron chi connectivity index (χ4n) is 2.46. The zero-order valence-corrected chi connectivity index (χ0v) is 12.8. The van der Waals surface area contributed by atoms with Crippen LogP contribution in [0.1, 0.15) is 31.1 Å². The number of aromatic amines is 1. The first kappa shape index (κ1) is 15.0. The van der Waals surface area contributed by atoms with Crippen molar-refractivity contribution in [3.05, 3.63) is 52.3 Å². The molecule has 7 nitrogen and oxygen atoms in total. The molecule has 3 aromatic rings. The summed E-state index contributed by atoms with van der Waals surface area (Å²) < 4.78 is 6.63. The van der Waals surface area contributed by atoms with Gasteiger partial charge < -0.3 is 14.6 Å². The quantitative estimate of drug-likeness (QED) is 0.686. The Morgan fingerprint density at radius 1 is 1.30 bits per heavy atom. The first-order valence-corrected chi connectivity index (χ1v) is 7.21. The molecular weight excluding hydrogens is 298 g/mol. The Labute approximate surface area is 131 Å². The van der Waals surface area contributed by atoms with Crippen LogP contribution >= 0.6 is 0 Å². The molecule has 0 aliphatic carbocycles. The molecule has 7 heteroatoms. The molecule has 0 amide bonds. The third-order valence-corrected chi connectivity index (χ3v) is 3.66. The fourth-order valence-corrected chi connectivity index (χ4v) is 2.46. The summed E-state index contributed by atoms with van der Waals surface area (Å²) in [5, 5.41) is 26.5. The standard InChI is InChI=1S/C16H17N3O4/c1-9(2)11-6-12(14(21)7-13(11)20)15-17-18-16(22)19(15)8-10-4-3-5-23-10/h3-7,9,20-21H,8H2,1-2H3,(H,18,22). The normalized spacial score (nSPS) is 11.3. The molecule has 2 heterocycles. The number of nitrogens with one attached hydrogen (secondary N) is 1. The van der Waals surface area contributed by atoms with E-state index in [0.29, 0.717) is 16.9 Å². The second kappa shape index (κ2) is 5.68. The van der Waals surface area contributed by atoms with Crippen molar-refractivity contribution in [3.63, 3.8) is 0 Å². The molecule has 0 atom stereocenters. The molecule has 0 unspecified atom stereocenters. The summed E-state index contributed by atoms with van der Waals surface area (Å²) in [4.78, 5) is 12.0. The Morgan fingerprint density at radius 3 is 2.74 bits per heavy atom. The lowest BCUT2D eigenvalue weighted by molar-refractivity contribution is 0.444. The highest BCUT2D eigenvalue weighted by Gasteiger charge is 2.19. The molecule has 23 heavy (non-hydrogen) atoms. The number of aromatic nitrogens is 3. The van der Waals surface area contributed by atoms with Gasteiger partial charge in [0, 0.05) is 6.07 Å². The minimum atomic E-state index is -0.407. The number of hydrogen-bond acceptors (Lipinski definition) is 5. The Morgan fingerprint density at radius 2 is 2.09 bits per heavy atom. The van der Waals surface area contributed by atoms with Gasteiger partial charge in [0.25, 0.3) is 0 Å². The second-order valence-corrected chi connectivity index (χ2v) is 5.60. The third-order valence-electron chi connectivity index (χ3n) is 3.66. The monoisotopic (exact) mass is 315 g/mol. The van der Waals surface area contributed by atoms with Gasteiger partial charge in [-0.25, -0.2) is 9.89 Å². The van der Waals surface area contributed by atoms with Gasteiger partial charge in [-0.05, 0) is 29.7 Å². The van der Waals surface area contributed by atoms with Crippen molar-refractivity contribution in [2.75, 3.05) is 0 Å². The van der Waals surface area contributed by atoms with Crippen LogP contribution in [0.3, 0.4) is 0 Å². The molecule has 3 rings (SSSR count). The van der Waals surface area contributed by atoms with Crippen LogP contribution < -0.4 is 5.69 Å². The molecule has 0 fully saturated rings. The number of rotatable bonds is 4. The van der Waals surface area contributed by atoms with Crippen LogP contribution in [-0.2, 0) is 6.54 Å². The summed E-state index contributed by atoms with van der Waals surface area (Å²) in [5.74, 6) is 0.796. The second-order valence-electron chi connectivity index (χ2n) is 5.60. The number of H-pyrrole nitrogens is 1. The number of phenolic OH excluding ortho intramolecular Hbond substituents is 2. The van der Waals surface area contributed by atoms with Crippen molar-refractivity contribution < 1.29 is 14.6 Å². The number of benzene rings is 1. The predicted octanol–water partition coefficient (Wildman–Crippen LogP) is 2.41. The SMILES string of the molecule is CC(C)c1cc(-c2n[nH]c(=O)n2Cc2ccco2)c(O)cc1O. The van der Waals surface area contributed by atoms with E-state index in [2.05, 4.69) is 10.2 Å². The van der Waals surface area contributed by atoms with E-state index < -0.39 is 5.69 Å². The van der Waals surface area contributed by atoms with Crippen molar-refractivity contribution in [2.24, 2.45) is 0 Å². The molecule has 0 aliphatic rings. The highest BCUT2D eigenvalue weighted by atomic mass is 16.3. The molecule has 0 saturated heterocycles. The number of hydrogen-bond donors (Lipinski definition) is 3. The summed E-state index contributed by atoms with van der Waals surface area (Å²) in [6, 6.07) is 6.39. The number of phenols is 2. The van der Waals surface area contributed by atoms with E-state index in [1.807, 2.05) is 13.8 Å². The molecule has 0 saturated carbocycles. The zero-order valence-electron chi connectivity index (χ0n) is 12.8. The van der Waals surface area contributed by atoms with Crippen molar-refractivity contribution in [2.45, 2.75) is 26.3 Å². The highest BCUT2D eigenvalue weighted by molar-refractivity contribution is 5.67. The topological polar surface area (TPSA) is 104 Å². The van der Waals surface area contributed by atoms with Crippen LogP contribution in [0.2, 0.25) is 0 Å².